The molecule has 148 valence electrons. The number of rotatable bonds is 6. The van der Waals surface area contributed by atoms with Gasteiger partial charge in [0.1, 0.15) is 12.1 Å². The molecule has 0 bridgehead atoms. The first kappa shape index (κ1) is 20.2. The van der Waals surface area contributed by atoms with Gasteiger partial charge in [-0.2, -0.15) is 0 Å². The molecular formula is C21H22FNO4S. The number of hydrogen-bond acceptors (Lipinski definition) is 5. The van der Waals surface area contributed by atoms with Crippen molar-refractivity contribution in [2.45, 2.75) is 30.4 Å². The monoisotopic (exact) mass is 403 g/mol. The van der Waals surface area contributed by atoms with Gasteiger partial charge in [-0.25, -0.2) is 9.18 Å². The topological polar surface area (TPSA) is 55.8 Å². The molecule has 0 aromatic heterocycles. The van der Waals surface area contributed by atoms with Crippen molar-refractivity contribution in [1.29, 1.82) is 0 Å². The lowest BCUT2D eigenvalue weighted by Gasteiger charge is -2.23. The second kappa shape index (κ2) is 9.10. The summed E-state index contributed by atoms with van der Waals surface area (Å²) in [4.78, 5) is 27.8. The summed E-state index contributed by atoms with van der Waals surface area (Å²) in [5.41, 5.74) is 0.537. The first-order chi connectivity index (χ1) is 13.5. The quantitative estimate of drug-likeness (QED) is 0.543. The van der Waals surface area contributed by atoms with E-state index in [1.165, 1.54) is 24.1 Å². The summed E-state index contributed by atoms with van der Waals surface area (Å²) in [5, 5.41) is 0. The van der Waals surface area contributed by atoms with Crippen molar-refractivity contribution < 1.29 is 23.5 Å². The van der Waals surface area contributed by atoms with Gasteiger partial charge in [0, 0.05) is 11.3 Å². The molecule has 1 heterocycles. The number of para-hydroxylation sites is 1. The Hall–Kier alpha value is -2.54. The minimum absolute atomic E-state index is 0.104. The highest BCUT2D eigenvalue weighted by Crippen LogP contribution is 2.29. The summed E-state index contributed by atoms with van der Waals surface area (Å²) in [6, 6.07) is 12.6. The highest BCUT2D eigenvalue weighted by molar-refractivity contribution is 7.99. The van der Waals surface area contributed by atoms with Crippen molar-refractivity contribution in [3.8, 4) is 5.75 Å². The molecule has 2 aromatic carbocycles. The van der Waals surface area contributed by atoms with Gasteiger partial charge in [-0.3, -0.25) is 4.79 Å². The molecule has 1 aliphatic rings. The van der Waals surface area contributed by atoms with Crippen LogP contribution in [0.4, 0.5) is 4.39 Å². The van der Waals surface area contributed by atoms with E-state index in [0.717, 1.165) is 10.6 Å². The van der Waals surface area contributed by atoms with Crippen molar-refractivity contribution in [2.24, 2.45) is 0 Å². The second-order valence-electron chi connectivity index (χ2n) is 6.33. The Morgan fingerprint density at radius 3 is 2.61 bits per heavy atom. The number of thioether (sulfide) groups is 1. The number of hydrogen-bond donors (Lipinski definition) is 0. The van der Waals surface area contributed by atoms with Crippen LogP contribution in [-0.4, -0.2) is 48.3 Å². The highest BCUT2D eigenvalue weighted by atomic mass is 32.2. The van der Waals surface area contributed by atoms with Crippen molar-refractivity contribution >= 4 is 23.6 Å². The van der Waals surface area contributed by atoms with E-state index in [2.05, 4.69) is 0 Å². The fourth-order valence-electron chi connectivity index (χ4n) is 3.27. The van der Waals surface area contributed by atoms with Crippen LogP contribution in [0.25, 0.3) is 0 Å². The van der Waals surface area contributed by atoms with Crippen LogP contribution in [0.5, 0.6) is 5.75 Å². The van der Waals surface area contributed by atoms with E-state index in [-0.39, 0.29) is 24.6 Å². The SMILES string of the molecule is CCSc1ccccc1C(=O)N1CC(Oc2ccccc2F)CC1C(=O)OC. The average Bonchev–Trinajstić information content (AvgIpc) is 3.13. The summed E-state index contributed by atoms with van der Waals surface area (Å²) in [7, 11) is 1.29. The molecule has 2 aromatic rings. The van der Waals surface area contributed by atoms with Crippen molar-refractivity contribution in [2.75, 3.05) is 19.4 Å². The van der Waals surface area contributed by atoms with Gasteiger partial charge in [-0.15, -0.1) is 11.8 Å². The first-order valence-electron chi connectivity index (χ1n) is 9.07. The lowest BCUT2D eigenvalue weighted by atomic mass is 10.1. The molecule has 1 fully saturated rings. The second-order valence-corrected chi connectivity index (χ2v) is 7.64. The number of likely N-dealkylation sites (tertiary alicyclic amines) is 1. The third kappa shape index (κ3) is 4.30. The predicted molar refractivity (Wildman–Crippen MR) is 105 cm³/mol. The van der Waals surface area contributed by atoms with Gasteiger partial charge in [-0.1, -0.05) is 31.2 Å². The number of carbonyl (C=O) groups is 2. The third-order valence-electron chi connectivity index (χ3n) is 4.54. The number of esters is 1. The van der Waals surface area contributed by atoms with E-state index in [1.54, 1.807) is 36.0 Å². The molecule has 1 aliphatic heterocycles. The molecule has 2 unspecified atom stereocenters. The zero-order chi connectivity index (χ0) is 20.1. The number of benzene rings is 2. The molecule has 2 atom stereocenters. The van der Waals surface area contributed by atoms with Crippen LogP contribution >= 0.6 is 11.8 Å². The lowest BCUT2D eigenvalue weighted by Crippen LogP contribution is -2.41. The molecule has 0 radical (unpaired) electrons. The Balaban J connectivity index is 1.84. The molecule has 0 saturated carbocycles. The Labute approximate surface area is 167 Å². The summed E-state index contributed by atoms with van der Waals surface area (Å²) in [6.07, 6.45) is -0.258. The smallest absolute Gasteiger partial charge is 0.328 e. The Kier molecular flexibility index (Phi) is 6.57. The number of carbonyl (C=O) groups excluding carboxylic acids is 2. The number of ether oxygens (including phenoxy) is 2. The molecule has 1 saturated heterocycles. The van der Waals surface area contributed by atoms with Crippen molar-refractivity contribution in [3.05, 3.63) is 59.9 Å². The number of halogens is 1. The van der Waals surface area contributed by atoms with Gasteiger partial charge in [-0.05, 0) is 30.0 Å². The van der Waals surface area contributed by atoms with Crippen LogP contribution in [-0.2, 0) is 9.53 Å². The minimum Gasteiger partial charge on any atom is -0.485 e. The zero-order valence-corrected chi connectivity index (χ0v) is 16.6. The lowest BCUT2D eigenvalue weighted by molar-refractivity contribution is -0.145. The molecule has 0 N–H and O–H groups in total. The van der Waals surface area contributed by atoms with Crippen LogP contribution in [0, 0.1) is 5.82 Å². The van der Waals surface area contributed by atoms with Crippen LogP contribution in [0.2, 0.25) is 0 Å². The molecule has 5 nitrogen and oxygen atoms in total. The molecular weight excluding hydrogens is 381 g/mol. The fraction of sp³-hybridized carbons (Fsp3) is 0.333. The van der Waals surface area contributed by atoms with Gasteiger partial charge in [0.05, 0.1) is 19.2 Å². The van der Waals surface area contributed by atoms with E-state index in [1.807, 2.05) is 19.1 Å². The van der Waals surface area contributed by atoms with Gasteiger partial charge >= 0.3 is 5.97 Å². The summed E-state index contributed by atoms with van der Waals surface area (Å²) >= 11 is 1.57. The number of amides is 1. The summed E-state index contributed by atoms with van der Waals surface area (Å²) in [6.45, 7) is 2.19. The van der Waals surface area contributed by atoms with E-state index in [9.17, 15) is 14.0 Å². The summed E-state index contributed by atoms with van der Waals surface area (Å²) in [5.74, 6) is -0.317. The van der Waals surface area contributed by atoms with E-state index >= 15 is 0 Å². The maximum Gasteiger partial charge on any atom is 0.328 e. The molecule has 0 spiro atoms. The van der Waals surface area contributed by atoms with Crippen LogP contribution in [0.1, 0.15) is 23.7 Å². The zero-order valence-electron chi connectivity index (χ0n) is 15.8. The maximum absolute atomic E-state index is 13.9. The van der Waals surface area contributed by atoms with Crippen LogP contribution in [0.3, 0.4) is 0 Å². The Morgan fingerprint density at radius 1 is 1.18 bits per heavy atom. The number of methoxy groups -OCH3 is 1. The van der Waals surface area contributed by atoms with Gasteiger partial charge < -0.3 is 14.4 Å². The van der Waals surface area contributed by atoms with E-state index in [4.69, 9.17) is 9.47 Å². The summed E-state index contributed by atoms with van der Waals surface area (Å²) < 4.78 is 24.5. The Bertz CT molecular complexity index is 860. The Morgan fingerprint density at radius 2 is 1.89 bits per heavy atom. The fourth-order valence-corrected chi connectivity index (χ4v) is 4.06. The first-order valence-corrected chi connectivity index (χ1v) is 10.1. The molecule has 1 amide bonds. The third-order valence-corrected chi connectivity index (χ3v) is 5.50. The van der Waals surface area contributed by atoms with Gasteiger partial charge in [0.15, 0.2) is 11.6 Å². The molecule has 3 rings (SSSR count). The normalized spacial score (nSPS) is 18.8. The van der Waals surface area contributed by atoms with Gasteiger partial charge in [0.25, 0.3) is 5.91 Å². The molecule has 7 heteroatoms. The maximum atomic E-state index is 13.9. The van der Waals surface area contributed by atoms with Gasteiger partial charge in [0.2, 0.25) is 0 Å². The van der Waals surface area contributed by atoms with Crippen LogP contribution < -0.4 is 4.74 Å². The molecule has 28 heavy (non-hydrogen) atoms. The van der Waals surface area contributed by atoms with Crippen molar-refractivity contribution in [3.63, 3.8) is 0 Å². The minimum atomic E-state index is -0.769. The van der Waals surface area contributed by atoms with Crippen molar-refractivity contribution in [1.82, 2.24) is 4.90 Å². The van der Waals surface area contributed by atoms with Crippen LogP contribution in [0.15, 0.2) is 53.4 Å². The predicted octanol–water partition coefficient (Wildman–Crippen LogP) is 3.77. The molecule has 0 aliphatic carbocycles. The largest absolute Gasteiger partial charge is 0.485 e. The van der Waals surface area contributed by atoms with E-state index < -0.39 is 23.9 Å². The van der Waals surface area contributed by atoms with E-state index in [0.29, 0.717) is 5.56 Å². The number of nitrogens with zero attached hydrogens (tertiary/aromatic N) is 1. The highest BCUT2D eigenvalue weighted by Gasteiger charge is 2.42. The standard InChI is InChI=1S/C21H22FNO4S/c1-3-28-19-11-7-4-8-15(19)20(24)23-13-14(12-17(23)21(25)26-2)27-18-10-6-5-9-16(18)22/h4-11,14,17H,3,12-13H2,1-2H3. The average molecular weight is 403 g/mol.